The van der Waals surface area contributed by atoms with Crippen molar-refractivity contribution < 1.29 is 27.8 Å². The second kappa shape index (κ2) is 10.2. The van der Waals surface area contributed by atoms with Crippen LogP contribution in [0.1, 0.15) is 29.8 Å². The summed E-state index contributed by atoms with van der Waals surface area (Å²) in [6, 6.07) is 7.51. The Morgan fingerprint density at radius 1 is 1.06 bits per heavy atom. The van der Waals surface area contributed by atoms with Crippen molar-refractivity contribution in [3.05, 3.63) is 67.8 Å². The molecular weight excluding hydrogens is 444 g/mol. The monoisotopic (exact) mass is 466 g/mol. The molecular formula is C19H22N4O8S. The van der Waals surface area contributed by atoms with Crippen LogP contribution in [0.4, 0.5) is 17.1 Å². The van der Waals surface area contributed by atoms with E-state index in [0.29, 0.717) is 18.7 Å². The number of carbonyl (C=O) groups is 1. The van der Waals surface area contributed by atoms with E-state index in [9.17, 15) is 33.4 Å². The van der Waals surface area contributed by atoms with Gasteiger partial charge in [0.25, 0.3) is 11.4 Å². The van der Waals surface area contributed by atoms with Gasteiger partial charge in [-0.05, 0) is 17.7 Å². The highest BCUT2D eigenvalue weighted by atomic mass is 32.2. The maximum absolute atomic E-state index is 12.6. The molecule has 2 aromatic carbocycles. The lowest BCUT2D eigenvalue weighted by Gasteiger charge is -2.18. The molecule has 0 aromatic heterocycles. The summed E-state index contributed by atoms with van der Waals surface area (Å²) in [6.07, 6.45) is 0. The normalized spacial score (nSPS) is 11.2. The number of nitro benzene ring substituents is 2. The summed E-state index contributed by atoms with van der Waals surface area (Å²) in [7, 11) is -2.59. The Bertz CT molecular complexity index is 1130. The molecule has 1 N–H and O–H groups in total. The number of non-ortho nitro benzene ring substituents is 1. The number of hydrogen-bond donors (Lipinski definition) is 1. The van der Waals surface area contributed by atoms with E-state index in [1.54, 1.807) is 13.8 Å². The van der Waals surface area contributed by atoms with E-state index < -0.39 is 37.2 Å². The van der Waals surface area contributed by atoms with E-state index in [1.165, 1.54) is 28.6 Å². The summed E-state index contributed by atoms with van der Waals surface area (Å²) in [5.41, 5.74) is -1.35. The van der Waals surface area contributed by atoms with Gasteiger partial charge in [-0.3, -0.25) is 20.2 Å². The van der Waals surface area contributed by atoms with Gasteiger partial charge in [0.05, 0.1) is 33.5 Å². The van der Waals surface area contributed by atoms with Crippen molar-refractivity contribution in [1.82, 2.24) is 4.31 Å². The molecule has 0 aliphatic rings. The van der Waals surface area contributed by atoms with E-state index >= 15 is 0 Å². The lowest BCUT2D eigenvalue weighted by atomic mass is 10.1. The number of nitro groups is 2. The summed E-state index contributed by atoms with van der Waals surface area (Å²) in [4.78, 5) is 33.1. The quantitative estimate of drug-likeness (QED) is 0.315. The average Bonchev–Trinajstić information content (AvgIpc) is 2.77. The largest absolute Gasteiger partial charge is 0.465 e. The van der Waals surface area contributed by atoms with Gasteiger partial charge >= 0.3 is 5.97 Å². The summed E-state index contributed by atoms with van der Waals surface area (Å²) < 4.78 is 31.1. The molecule has 0 fully saturated rings. The minimum atomic E-state index is -3.64. The lowest BCUT2D eigenvalue weighted by Crippen LogP contribution is -2.30. The van der Waals surface area contributed by atoms with E-state index in [2.05, 4.69) is 10.1 Å². The van der Waals surface area contributed by atoms with Crippen molar-refractivity contribution in [2.75, 3.05) is 25.5 Å². The van der Waals surface area contributed by atoms with Gasteiger partial charge in [0.15, 0.2) is 0 Å². The fraction of sp³-hybridized carbons (Fsp3) is 0.316. The Kier molecular flexibility index (Phi) is 7.83. The Morgan fingerprint density at radius 3 is 2.12 bits per heavy atom. The third kappa shape index (κ3) is 5.18. The van der Waals surface area contributed by atoms with Gasteiger partial charge < -0.3 is 10.1 Å². The van der Waals surface area contributed by atoms with Crippen LogP contribution in [0.15, 0.2) is 41.3 Å². The van der Waals surface area contributed by atoms with Gasteiger partial charge in [0, 0.05) is 25.7 Å². The minimum absolute atomic E-state index is 0.0196. The maximum atomic E-state index is 12.6. The van der Waals surface area contributed by atoms with E-state index in [1.807, 2.05) is 0 Å². The number of hydrogen-bond acceptors (Lipinski definition) is 9. The third-order valence-electron chi connectivity index (χ3n) is 4.65. The predicted molar refractivity (Wildman–Crippen MR) is 115 cm³/mol. The molecule has 0 unspecified atom stereocenters. The molecule has 12 nitrogen and oxygen atoms in total. The number of nitrogens with one attached hydrogen (secondary N) is 1. The Balaban J connectivity index is 2.38. The van der Waals surface area contributed by atoms with Crippen molar-refractivity contribution in [2.24, 2.45) is 0 Å². The summed E-state index contributed by atoms with van der Waals surface area (Å²) >= 11 is 0. The topological polar surface area (TPSA) is 162 Å². The molecule has 13 heteroatoms. The van der Waals surface area contributed by atoms with Crippen molar-refractivity contribution in [1.29, 1.82) is 0 Å². The Morgan fingerprint density at radius 2 is 1.66 bits per heavy atom. The Hall–Kier alpha value is -3.58. The second-order valence-corrected chi connectivity index (χ2v) is 8.42. The molecule has 0 aliphatic carbocycles. The molecule has 2 aromatic rings. The van der Waals surface area contributed by atoms with E-state index in [4.69, 9.17) is 0 Å². The first-order valence-corrected chi connectivity index (χ1v) is 10.9. The first-order valence-electron chi connectivity index (χ1n) is 9.44. The Labute approximate surface area is 184 Å². The number of ether oxygens (including phenoxy) is 1. The van der Waals surface area contributed by atoms with Gasteiger partial charge in [0.2, 0.25) is 10.0 Å². The number of anilines is 1. The molecule has 0 aliphatic heterocycles. The van der Waals surface area contributed by atoms with Gasteiger partial charge in [0.1, 0.15) is 5.69 Å². The highest BCUT2D eigenvalue weighted by molar-refractivity contribution is 7.89. The fourth-order valence-electron chi connectivity index (χ4n) is 3.00. The van der Waals surface area contributed by atoms with Crippen LogP contribution >= 0.6 is 0 Å². The first kappa shape index (κ1) is 24.7. The van der Waals surface area contributed by atoms with Gasteiger partial charge in [-0.15, -0.1) is 0 Å². The van der Waals surface area contributed by atoms with Crippen LogP contribution in [-0.4, -0.2) is 48.7 Å². The molecule has 2 rings (SSSR count). The third-order valence-corrected chi connectivity index (χ3v) is 6.72. The number of rotatable bonds is 10. The molecule has 0 spiro atoms. The number of nitrogens with zero attached hydrogens (tertiary/aromatic N) is 3. The SMILES string of the molecule is CCN(CC)S(=O)(=O)c1ccc(CNc2c(C(=O)OC)cc([N+](=O)[O-])cc2[N+](=O)[O-])cc1. The van der Waals surface area contributed by atoms with Crippen molar-refractivity contribution in [2.45, 2.75) is 25.3 Å². The van der Waals surface area contributed by atoms with Crippen molar-refractivity contribution in [3.8, 4) is 0 Å². The fourth-order valence-corrected chi connectivity index (χ4v) is 4.46. The predicted octanol–water partition coefficient (Wildman–Crippen LogP) is 2.93. The van der Waals surface area contributed by atoms with Crippen molar-refractivity contribution >= 4 is 33.1 Å². The van der Waals surface area contributed by atoms with Crippen molar-refractivity contribution in [3.63, 3.8) is 0 Å². The summed E-state index contributed by atoms with van der Waals surface area (Å²) in [5, 5.41) is 25.3. The molecule has 32 heavy (non-hydrogen) atoms. The maximum Gasteiger partial charge on any atom is 0.340 e. The van der Waals surface area contributed by atoms with Crippen LogP contribution in [0.25, 0.3) is 0 Å². The van der Waals surface area contributed by atoms with Crippen LogP contribution in [0.2, 0.25) is 0 Å². The van der Waals surface area contributed by atoms with Gasteiger partial charge in [-0.1, -0.05) is 26.0 Å². The second-order valence-electron chi connectivity index (χ2n) is 6.48. The smallest absolute Gasteiger partial charge is 0.340 e. The average molecular weight is 466 g/mol. The number of methoxy groups -OCH3 is 1. The molecule has 0 bridgehead atoms. The van der Waals surface area contributed by atoms with Crippen LogP contribution in [-0.2, 0) is 21.3 Å². The summed E-state index contributed by atoms with van der Waals surface area (Å²) in [5.74, 6) is -0.986. The van der Waals surface area contributed by atoms with E-state index in [0.717, 1.165) is 19.2 Å². The molecule has 0 radical (unpaired) electrons. The van der Waals surface area contributed by atoms with Crippen LogP contribution in [0.5, 0.6) is 0 Å². The molecule has 0 saturated carbocycles. The van der Waals surface area contributed by atoms with Crippen LogP contribution in [0, 0.1) is 20.2 Å². The number of sulfonamides is 1. The molecule has 0 amide bonds. The number of benzene rings is 2. The number of esters is 1. The molecule has 0 heterocycles. The van der Waals surface area contributed by atoms with Crippen LogP contribution in [0.3, 0.4) is 0 Å². The highest BCUT2D eigenvalue weighted by Crippen LogP contribution is 2.34. The standard InChI is InChI=1S/C19H22N4O8S/c1-4-21(5-2)32(29,30)15-8-6-13(7-9-15)12-20-18-16(19(24)31-3)10-14(22(25)26)11-17(18)23(27)28/h6-11,20H,4-5,12H2,1-3H3. The van der Waals surface area contributed by atoms with E-state index in [-0.39, 0.29) is 22.7 Å². The highest BCUT2D eigenvalue weighted by Gasteiger charge is 2.28. The zero-order chi connectivity index (χ0) is 24.1. The minimum Gasteiger partial charge on any atom is -0.465 e. The van der Waals surface area contributed by atoms with Gasteiger partial charge in [-0.2, -0.15) is 4.31 Å². The first-order chi connectivity index (χ1) is 15.1. The molecule has 0 saturated heterocycles. The lowest BCUT2D eigenvalue weighted by molar-refractivity contribution is -0.393. The molecule has 0 atom stereocenters. The summed E-state index contributed by atoms with van der Waals surface area (Å²) in [6.45, 7) is 4.09. The molecule has 172 valence electrons. The zero-order valence-corrected chi connectivity index (χ0v) is 18.4. The number of carbonyl (C=O) groups excluding carboxylic acids is 1. The van der Waals surface area contributed by atoms with Crippen LogP contribution < -0.4 is 5.32 Å². The zero-order valence-electron chi connectivity index (χ0n) is 17.6. The van der Waals surface area contributed by atoms with Gasteiger partial charge in [-0.25, -0.2) is 13.2 Å².